The van der Waals surface area contributed by atoms with Crippen molar-refractivity contribution in [1.29, 1.82) is 5.41 Å². The van der Waals surface area contributed by atoms with E-state index >= 15 is 0 Å². The summed E-state index contributed by atoms with van der Waals surface area (Å²) in [5.41, 5.74) is 0.411. The van der Waals surface area contributed by atoms with E-state index in [-0.39, 0.29) is 38.4 Å². The van der Waals surface area contributed by atoms with Gasteiger partial charge in [-0.3, -0.25) is 10.2 Å². The summed E-state index contributed by atoms with van der Waals surface area (Å²) in [7, 11) is -7.32. The lowest BCUT2D eigenvalue weighted by Crippen LogP contribution is -2.35. The number of rotatable bonds is 5. The molecular formula is C17H18N4O6S3. The summed E-state index contributed by atoms with van der Waals surface area (Å²) in [4.78, 5) is 16.3. The number of hydrogen-bond acceptors (Lipinski definition) is 9. The smallest absolute Gasteiger partial charge is 0.306 e. The molecule has 30 heavy (non-hydrogen) atoms. The third-order valence-electron chi connectivity index (χ3n) is 3.69. The molecule has 2 heterocycles. The molecule has 0 bridgehead atoms. The van der Waals surface area contributed by atoms with Gasteiger partial charge in [-0.05, 0) is 41.5 Å². The molecule has 2 aliphatic heterocycles. The minimum Gasteiger partial charge on any atom is -0.383 e. The third kappa shape index (κ3) is 4.96. The number of fused-ring (bicyclic) bond motifs is 1. The molecule has 0 aliphatic carbocycles. The van der Waals surface area contributed by atoms with Gasteiger partial charge in [0, 0.05) is 0 Å². The van der Waals surface area contributed by atoms with Crippen LogP contribution in [0.5, 0.6) is 5.75 Å². The molecule has 1 N–H and O–H groups in total. The molecule has 0 fully saturated rings. The van der Waals surface area contributed by atoms with Crippen molar-refractivity contribution >= 4 is 59.1 Å². The second kappa shape index (κ2) is 7.96. The van der Waals surface area contributed by atoms with Gasteiger partial charge in [0.2, 0.25) is 19.4 Å². The molecule has 0 atom stereocenters. The molecule has 0 unspecified atom stereocenters. The van der Waals surface area contributed by atoms with Gasteiger partial charge in [-0.1, -0.05) is 26.0 Å². The van der Waals surface area contributed by atoms with Gasteiger partial charge in [0.1, 0.15) is 5.75 Å². The first-order valence-corrected chi connectivity index (χ1v) is 12.9. The Labute approximate surface area is 178 Å². The van der Waals surface area contributed by atoms with E-state index in [2.05, 4.69) is 10.1 Å². The molecule has 0 spiro atoms. The highest BCUT2D eigenvalue weighted by atomic mass is 32.3. The monoisotopic (exact) mass is 470 g/mol. The predicted molar refractivity (Wildman–Crippen MR) is 116 cm³/mol. The number of nitrogens with one attached hydrogen (secondary N) is 1. The van der Waals surface area contributed by atoms with E-state index in [1.54, 1.807) is 13.8 Å². The normalized spacial score (nSPS) is 18.5. The van der Waals surface area contributed by atoms with Crippen LogP contribution in [0, 0.1) is 11.3 Å². The average Bonchev–Trinajstić information content (AvgIpc) is 3.03. The first-order valence-electron chi connectivity index (χ1n) is 8.58. The Morgan fingerprint density at radius 2 is 1.83 bits per heavy atom. The number of hydrazone groups is 1. The van der Waals surface area contributed by atoms with E-state index in [1.807, 2.05) is 0 Å². The molecule has 1 amide bonds. The Bertz CT molecular complexity index is 1210. The van der Waals surface area contributed by atoms with E-state index in [1.165, 1.54) is 30.3 Å². The lowest BCUT2D eigenvalue weighted by Gasteiger charge is -2.20. The molecule has 1 aromatic rings. The van der Waals surface area contributed by atoms with Crippen LogP contribution in [0.2, 0.25) is 0 Å². The van der Waals surface area contributed by atoms with Crippen LogP contribution in [0.3, 0.4) is 0 Å². The van der Waals surface area contributed by atoms with Gasteiger partial charge in [0.15, 0.2) is 5.84 Å². The molecular weight excluding hydrogens is 452 g/mol. The first kappa shape index (κ1) is 22.2. The molecule has 0 saturated heterocycles. The van der Waals surface area contributed by atoms with Crippen molar-refractivity contribution in [3.05, 3.63) is 35.4 Å². The van der Waals surface area contributed by atoms with Crippen LogP contribution in [-0.4, -0.2) is 55.1 Å². The number of thioether (sulfide) groups is 1. The highest BCUT2D eigenvalue weighted by Gasteiger charge is 2.39. The summed E-state index contributed by atoms with van der Waals surface area (Å²) < 4.78 is 51.7. The zero-order valence-electron chi connectivity index (χ0n) is 16.2. The standard InChI is InChI=1S/C17H18N4O6S3/c1-10(2)9-30(25,26)17-20-21-14(18)13(15(22)19-16(21)28-17)8-11-4-6-12(7-5-11)27-29(3,23)24/h4-8,10,18H,9H2,1-3H3/b13-8+,18-14?. The van der Waals surface area contributed by atoms with E-state index in [9.17, 15) is 21.6 Å². The third-order valence-corrected chi connectivity index (χ3v) is 7.62. The summed E-state index contributed by atoms with van der Waals surface area (Å²) in [5, 5.41) is 13.3. The van der Waals surface area contributed by atoms with E-state index in [0.29, 0.717) is 5.56 Å². The Balaban J connectivity index is 1.88. The molecule has 0 radical (unpaired) electrons. The zero-order valence-corrected chi connectivity index (χ0v) is 18.6. The summed E-state index contributed by atoms with van der Waals surface area (Å²) in [6.45, 7) is 3.53. The maximum absolute atomic E-state index is 12.4. The number of amidine groups is 2. The van der Waals surface area contributed by atoms with Crippen molar-refractivity contribution in [2.24, 2.45) is 16.0 Å². The fourth-order valence-corrected chi connectivity index (χ4v) is 5.82. The summed E-state index contributed by atoms with van der Waals surface area (Å²) >= 11 is 0.742. The summed E-state index contributed by atoms with van der Waals surface area (Å²) in [5.74, 6) is -1.11. The average molecular weight is 471 g/mol. The maximum atomic E-state index is 12.4. The number of carbonyl (C=O) groups excluding carboxylic acids is 1. The molecule has 160 valence electrons. The lowest BCUT2D eigenvalue weighted by atomic mass is 10.1. The van der Waals surface area contributed by atoms with Crippen molar-refractivity contribution in [3.8, 4) is 5.75 Å². The number of aliphatic imine (C=N–C) groups is 1. The van der Waals surface area contributed by atoms with E-state index in [0.717, 1.165) is 23.0 Å². The SMILES string of the molecule is CC(C)CS(=O)(=O)C1=NN2C(=N)/C(=C\c3ccc(OS(C)(=O)=O)cc3)C(=O)N=C2S1. The molecule has 3 rings (SSSR count). The molecule has 2 aliphatic rings. The van der Waals surface area contributed by atoms with Crippen LogP contribution in [-0.2, 0) is 24.7 Å². The van der Waals surface area contributed by atoms with Gasteiger partial charge in [0.05, 0.1) is 17.6 Å². The van der Waals surface area contributed by atoms with Crippen LogP contribution in [0.15, 0.2) is 39.9 Å². The molecule has 13 heteroatoms. The second-order valence-corrected chi connectivity index (χ2v) is 11.7. The number of amides is 1. The second-order valence-electron chi connectivity index (χ2n) is 6.92. The number of sulfone groups is 1. The molecule has 0 saturated carbocycles. The van der Waals surface area contributed by atoms with Crippen LogP contribution >= 0.6 is 11.8 Å². The lowest BCUT2D eigenvalue weighted by molar-refractivity contribution is -0.114. The van der Waals surface area contributed by atoms with Crippen LogP contribution in [0.25, 0.3) is 6.08 Å². The van der Waals surface area contributed by atoms with Crippen molar-refractivity contribution in [3.63, 3.8) is 0 Å². The number of nitrogens with zero attached hydrogens (tertiary/aromatic N) is 3. The fourth-order valence-electron chi connectivity index (χ4n) is 2.57. The van der Waals surface area contributed by atoms with Gasteiger partial charge in [-0.2, -0.15) is 18.4 Å². The van der Waals surface area contributed by atoms with Crippen molar-refractivity contribution in [1.82, 2.24) is 5.01 Å². The van der Waals surface area contributed by atoms with Crippen molar-refractivity contribution in [2.75, 3.05) is 12.0 Å². The Morgan fingerprint density at radius 3 is 2.40 bits per heavy atom. The maximum Gasteiger partial charge on any atom is 0.306 e. The Morgan fingerprint density at radius 1 is 1.20 bits per heavy atom. The first-order chi connectivity index (χ1) is 13.9. The minimum atomic E-state index is -3.66. The number of carbonyl (C=O) groups is 1. The fraction of sp³-hybridized carbons (Fsp3) is 0.294. The van der Waals surface area contributed by atoms with Crippen molar-refractivity contribution < 1.29 is 25.8 Å². The molecule has 0 aromatic heterocycles. The number of hydrogen-bond donors (Lipinski definition) is 1. The Kier molecular flexibility index (Phi) is 5.89. The highest BCUT2D eigenvalue weighted by molar-refractivity contribution is 8.42. The van der Waals surface area contributed by atoms with Crippen molar-refractivity contribution in [2.45, 2.75) is 13.8 Å². The topological polar surface area (TPSA) is 146 Å². The van der Waals surface area contributed by atoms with Crippen LogP contribution in [0.1, 0.15) is 19.4 Å². The molecule has 10 nitrogen and oxygen atoms in total. The Hall–Kier alpha value is -2.51. The summed E-state index contributed by atoms with van der Waals surface area (Å²) in [6, 6.07) is 5.82. The predicted octanol–water partition coefficient (Wildman–Crippen LogP) is 1.67. The van der Waals surface area contributed by atoms with E-state index < -0.39 is 25.9 Å². The van der Waals surface area contributed by atoms with Gasteiger partial charge >= 0.3 is 10.1 Å². The van der Waals surface area contributed by atoms with Gasteiger partial charge < -0.3 is 4.18 Å². The van der Waals surface area contributed by atoms with Gasteiger partial charge in [-0.25, -0.2) is 8.42 Å². The van der Waals surface area contributed by atoms with E-state index in [4.69, 9.17) is 9.59 Å². The van der Waals surface area contributed by atoms with Gasteiger partial charge in [-0.15, -0.1) is 5.10 Å². The number of benzene rings is 1. The van der Waals surface area contributed by atoms with Crippen LogP contribution < -0.4 is 4.18 Å². The van der Waals surface area contributed by atoms with Crippen LogP contribution in [0.4, 0.5) is 0 Å². The summed E-state index contributed by atoms with van der Waals surface area (Å²) in [6.07, 6.45) is 2.31. The minimum absolute atomic E-state index is 0.0152. The molecule has 1 aromatic carbocycles. The highest BCUT2D eigenvalue weighted by Crippen LogP contribution is 2.31. The largest absolute Gasteiger partial charge is 0.383 e. The quantitative estimate of drug-likeness (QED) is 0.505. The zero-order chi connectivity index (χ0) is 22.3. The van der Waals surface area contributed by atoms with Gasteiger partial charge in [0.25, 0.3) is 5.91 Å².